The van der Waals surface area contributed by atoms with Gasteiger partial charge in [0.05, 0.1) is 21.7 Å². The minimum Gasteiger partial charge on any atom is -0.464 e. The van der Waals surface area contributed by atoms with Gasteiger partial charge in [0, 0.05) is 0 Å². The molecule has 0 spiro atoms. The molecule has 4 fully saturated rings. The zero-order chi connectivity index (χ0) is 66.6. The normalized spacial score (nSPS) is 40.4. The Balaban J connectivity index is 0.898. The lowest BCUT2D eigenvalue weighted by Crippen LogP contribution is -2.56. The van der Waals surface area contributed by atoms with E-state index in [2.05, 4.69) is 159 Å². The number of hydrogen-bond donors (Lipinski definition) is 0. The summed E-state index contributed by atoms with van der Waals surface area (Å²) < 4.78 is 28.0. The highest BCUT2D eigenvalue weighted by molar-refractivity contribution is 5.80. The van der Waals surface area contributed by atoms with Crippen molar-refractivity contribution in [2.24, 2.45) is 120 Å². The van der Waals surface area contributed by atoms with E-state index < -0.39 is 27.1 Å². The summed E-state index contributed by atoms with van der Waals surface area (Å²) in [6.07, 6.45) is 42.3. The molecule has 0 aliphatic heterocycles. The zero-order valence-electron chi connectivity index (χ0n) is 61.1. The molecule has 16 atom stereocenters. The molecule has 0 unspecified atom stereocenters. The molecule has 8 heteroatoms. The lowest BCUT2D eigenvalue weighted by atomic mass is 9.47. The Morgan fingerprint density at radius 1 is 0.355 bits per heavy atom. The van der Waals surface area contributed by atoms with Gasteiger partial charge in [-0.25, -0.2) is 0 Å². The molecule has 4 saturated carbocycles. The second-order valence-electron chi connectivity index (χ2n) is 36.7. The number of rotatable bonds is 16. The first kappa shape index (κ1) is 68.7. The molecule has 0 aromatic carbocycles. The summed E-state index contributed by atoms with van der Waals surface area (Å²) in [5.74, 6) is 2.68. The van der Waals surface area contributed by atoms with Crippen LogP contribution in [0, 0.1) is 120 Å². The summed E-state index contributed by atoms with van der Waals surface area (Å²) in [6.45, 7) is 35.9. The Morgan fingerprint density at radius 3 is 0.753 bits per heavy atom. The van der Waals surface area contributed by atoms with Crippen LogP contribution >= 0.6 is 0 Å². The number of carbonyl (C=O) groups excluding carboxylic acids is 4. The molecule has 12 rings (SSSR count). The average Bonchev–Trinajstić information content (AvgIpc) is 0.747. The fraction of sp³-hybridized carbons (Fsp3) is 0.765. The maximum Gasteiger partial charge on any atom is 0.312 e. The molecule has 12 aliphatic carbocycles. The predicted octanol–water partition coefficient (Wildman–Crippen LogP) is 20.7. The molecule has 12 aliphatic rings. The van der Waals surface area contributed by atoms with Crippen LogP contribution in [0.3, 0.4) is 0 Å². The van der Waals surface area contributed by atoms with E-state index in [1.165, 1.54) is 44.6 Å². The molecule has 8 nitrogen and oxygen atoms in total. The fourth-order valence-corrected chi connectivity index (χ4v) is 24.1. The van der Waals surface area contributed by atoms with Gasteiger partial charge in [-0.2, -0.15) is 0 Å². The first-order valence-electron chi connectivity index (χ1n) is 38.2. The van der Waals surface area contributed by atoms with Crippen molar-refractivity contribution < 1.29 is 38.1 Å². The molecule has 93 heavy (non-hydrogen) atoms. The Hall–Kier alpha value is -4.20. The smallest absolute Gasteiger partial charge is 0.312 e. The maximum atomic E-state index is 15.9. The van der Waals surface area contributed by atoms with Crippen molar-refractivity contribution in [3.63, 3.8) is 0 Å². The van der Waals surface area contributed by atoms with Gasteiger partial charge in [0.25, 0.3) is 0 Å². The van der Waals surface area contributed by atoms with Gasteiger partial charge in [0.2, 0.25) is 0 Å². The highest BCUT2D eigenvalue weighted by Crippen LogP contribution is 2.67. The first-order valence-corrected chi connectivity index (χ1v) is 38.2. The van der Waals surface area contributed by atoms with Gasteiger partial charge < -0.3 is 18.9 Å². The van der Waals surface area contributed by atoms with Crippen molar-refractivity contribution in [1.82, 2.24) is 0 Å². The van der Waals surface area contributed by atoms with E-state index in [0.717, 1.165) is 128 Å². The van der Waals surface area contributed by atoms with E-state index >= 15 is 19.2 Å². The van der Waals surface area contributed by atoms with Crippen molar-refractivity contribution in [1.29, 1.82) is 0 Å². The van der Waals surface area contributed by atoms with Gasteiger partial charge in [-0.3, -0.25) is 19.2 Å². The first-order chi connectivity index (χ1) is 43.9. The molecule has 0 saturated heterocycles. The van der Waals surface area contributed by atoms with Crippen molar-refractivity contribution in [2.75, 3.05) is 26.4 Å². The summed E-state index contributed by atoms with van der Waals surface area (Å²) in [5.41, 5.74) is 6.82. The van der Waals surface area contributed by atoms with Gasteiger partial charge in [0.1, 0.15) is 31.8 Å². The maximum absolute atomic E-state index is 15.9. The highest BCUT2D eigenvalue weighted by atomic mass is 16.6. The number of carbonyl (C=O) groups is 4. The zero-order valence-corrected chi connectivity index (χ0v) is 61.1. The summed E-state index contributed by atoms with van der Waals surface area (Å²) in [6, 6.07) is 0. The minimum atomic E-state index is -1.42. The third kappa shape index (κ3) is 11.6. The van der Waals surface area contributed by atoms with Gasteiger partial charge in [-0.15, -0.1) is 0 Å². The van der Waals surface area contributed by atoms with Crippen LogP contribution in [-0.2, 0) is 38.1 Å². The molecule has 0 aromatic heterocycles. The molecule has 0 heterocycles. The van der Waals surface area contributed by atoms with E-state index in [1.807, 2.05) is 0 Å². The van der Waals surface area contributed by atoms with Gasteiger partial charge in [-0.1, -0.05) is 180 Å². The summed E-state index contributed by atoms with van der Waals surface area (Å²) in [7, 11) is 0. The lowest BCUT2D eigenvalue weighted by molar-refractivity contribution is -0.196. The van der Waals surface area contributed by atoms with Crippen molar-refractivity contribution in [3.05, 3.63) is 93.2 Å². The summed E-state index contributed by atoms with van der Waals surface area (Å²) >= 11 is 0. The van der Waals surface area contributed by atoms with E-state index in [1.54, 1.807) is 0 Å². The van der Waals surface area contributed by atoms with Crippen LogP contribution in [0.5, 0.6) is 0 Å². The minimum absolute atomic E-state index is 0.0589. The summed E-state index contributed by atoms with van der Waals surface area (Å²) in [5, 5.41) is 0. The standard InChI is InChI=1S/C85H124O8/c1-53(2)57-21-29-65-61(45-57)25-33-69-77(65,9)37-17-41-81(69,13)73(86)90-49-85(50-91-74(87)82(14)42-18-38-78(10)66-30-22-58(54(3)4)46-62(66)26-34-70(78)82,51-92-75(88)83(15)43-19-39-79(11)67-31-23-59(55(5)6)47-63(67)27-35-71(79)83)52-93-76(89)84(16)44-20-40-80(12)68-32-24-60(56(7)8)48-64(68)28-36-72(80)84/h25-28,45-48,53-56,65-72H,17-24,29-44,49-52H2,1-16H3/t65-,66-,67-,68-,69+,70+,71+,72+,77+,78+,79+,80+,81+,82+,83+,84+/m0/s1. The van der Waals surface area contributed by atoms with E-state index in [0.29, 0.717) is 73.0 Å². The van der Waals surface area contributed by atoms with Crippen LogP contribution in [0.15, 0.2) is 93.2 Å². The van der Waals surface area contributed by atoms with E-state index in [9.17, 15) is 0 Å². The third-order valence-corrected chi connectivity index (χ3v) is 30.2. The Labute approximate surface area is 563 Å². The molecule has 0 radical (unpaired) electrons. The Morgan fingerprint density at radius 2 is 0.559 bits per heavy atom. The molecule has 0 N–H and O–H groups in total. The number of allylic oxidation sites excluding steroid dienone is 16. The van der Waals surface area contributed by atoms with Crippen LogP contribution in [0.1, 0.15) is 265 Å². The average molecular weight is 1270 g/mol. The highest BCUT2D eigenvalue weighted by Gasteiger charge is 2.63. The third-order valence-electron chi connectivity index (χ3n) is 30.2. The quantitative estimate of drug-likeness (QED) is 0.111. The molecule has 0 bridgehead atoms. The Bertz CT molecular complexity index is 2780. The fourth-order valence-electron chi connectivity index (χ4n) is 24.1. The predicted molar refractivity (Wildman–Crippen MR) is 374 cm³/mol. The van der Waals surface area contributed by atoms with Crippen LogP contribution < -0.4 is 0 Å². The second kappa shape index (κ2) is 25.3. The SMILES string of the molecule is CC(C)C1=CC2=CC[C@@H]3[C@](C)(CCC[C@@]3(C)C(=O)OCC(COC(=O)[C@]3(C)CCC[C@@]4(C)[C@H]3CC=C3C=C(C(C)C)CC[C@@H]34)(COC(=O)[C@]3(C)CCC[C@@]4(C)[C@H]3CC=C3C=C(C(C)C)CC[C@@H]34)COC(=O)[C@]3(C)CCC[C@@]4(C)[C@H]3CC=C3C=C(C(C)C)CC[C@@H]34)[C@H]2CC1. The van der Waals surface area contributed by atoms with Crippen LogP contribution in [0.2, 0.25) is 0 Å². The number of ether oxygens (including phenoxy) is 4. The molecular formula is C85H124O8. The van der Waals surface area contributed by atoms with Crippen LogP contribution in [0.4, 0.5) is 0 Å². The van der Waals surface area contributed by atoms with Gasteiger partial charge in [0.15, 0.2) is 0 Å². The van der Waals surface area contributed by atoms with Crippen LogP contribution in [-0.4, -0.2) is 50.3 Å². The lowest BCUT2D eigenvalue weighted by Gasteiger charge is -2.57. The van der Waals surface area contributed by atoms with Crippen LogP contribution in [0.25, 0.3) is 0 Å². The van der Waals surface area contributed by atoms with E-state index in [-0.39, 0.29) is 95.6 Å². The number of esters is 4. The summed E-state index contributed by atoms with van der Waals surface area (Å²) in [4.78, 5) is 63.5. The molecule has 0 aromatic rings. The number of fused-ring (bicyclic) bond motifs is 12. The largest absolute Gasteiger partial charge is 0.464 e. The van der Waals surface area contributed by atoms with Crippen molar-refractivity contribution in [3.8, 4) is 0 Å². The van der Waals surface area contributed by atoms with Crippen molar-refractivity contribution >= 4 is 23.9 Å². The Kier molecular flexibility index (Phi) is 18.7. The van der Waals surface area contributed by atoms with E-state index in [4.69, 9.17) is 18.9 Å². The van der Waals surface area contributed by atoms with Crippen molar-refractivity contribution in [2.45, 2.75) is 265 Å². The number of hydrogen-bond acceptors (Lipinski definition) is 8. The topological polar surface area (TPSA) is 105 Å². The molecule has 0 amide bonds. The van der Waals surface area contributed by atoms with Gasteiger partial charge >= 0.3 is 23.9 Å². The molecule has 512 valence electrons. The second-order valence-corrected chi connectivity index (χ2v) is 36.7. The monoisotopic (exact) mass is 1270 g/mol. The van der Waals surface area contributed by atoms with Gasteiger partial charge in [-0.05, 0) is 271 Å². The molecular weight excluding hydrogens is 1150 g/mol.